The topological polar surface area (TPSA) is 41.9 Å². The first-order valence-electron chi connectivity index (χ1n) is 9.91. The molecule has 2 aliphatic heterocycles. The summed E-state index contributed by atoms with van der Waals surface area (Å²) in [6, 6.07) is 8.17. The van der Waals surface area contributed by atoms with Crippen LogP contribution in [-0.2, 0) is 9.47 Å². The fourth-order valence-corrected chi connectivity index (χ4v) is 4.21. The van der Waals surface area contributed by atoms with Crippen LogP contribution >= 0.6 is 0 Å². The van der Waals surface area contributed by atoms with Gasteiger partial charge in [-0.3, -0.25) is 4.90 Å². The van der Waals surface area contributed by atoms with Crippen molar-refractivity contribution in [3.63, 3.8) is 0 Å². The number of phenolic OH excluding ortho intramolecular Hbond substituents is 1. The van der Waals surface area contributed by atoms with Crippen LogP contribution in [0.3, 0.4) is 0 Å². The Balaban J connectivity index is 1.56. The minimum Gasteiger partial charge on any atom is -0.508 e. The minimum atomic E-state index is 0.0101. The maximum absolute atomic E-state index is 9.89. The van der Waals surface area contributed by atoms with E-state index in [4.69, 9.17) is 9.47 Å². The lowest BCUT2D eigenvalue weighted by molar-refractivity contribution is -0.163. The van der Waals surface area contributed by atoms with Crippen molar-refractivity contribution in [2.24, 2.45) is 11.8 Å². The number of phenols is 1. The summed E-state index contributed by atoms with van der Waals surface area (Å²) in [5.74, 6) is 1.65. The lowest BCUT2D eigenvalue weighted by Crippen LogP contribution is -2.42. The molecule has 2 fully saturated rings. The molecular weight excluding hydrogens is 314 g/mol. The molecule has 1 aromatic carbocycles. The van der Waals surface area contributed by atoms with Crippen LogP contribution < -0.4 is 0 Å². The van der Waals surface area contributed by atoms with Gasteiger partial charge in [0, 0.05) is 19.2 Å². The van der Waals surface area contributed by atoms with Gasteiger partial charge in [0.1, 0.15) is 5.75 Å². The Bertz CT molecular complexity index is 530. The summed E-state index contributed by atoms with van der Waals surface area (Å²) in [5.41, 5.74) is 1.23. The van der Waals surface area contributed by atoms with E-state index in [0.29, 0.717) is 23.6 Å². The Labute approximate surface area is 152 Å². The normalized spacial score (nSPS) is 31.1. The standard InChI is InChI=1S/C21H33NO3/c1-16-10-12-22(11-6-14-25-20-9-3-4-13-24-20)21(17(16)2)18-7-5-8-19(23)15-18/h5,7-8,15-17,20-21,23H,3-4,6,9-14H2,1-2H3/t16-,17+,20?,21?/m0/s1. The fraction of sp³-hybridized carbons (Fsp3) is 0.714. The number of hydrogen-bond donors (Lipinski definition) is 1. The van der Waals surface area contributed by atoms with Crippen molar-refractivity contribution >= 4 is 0 Å². The van der Waals surface area contributed by atoms with E-state index in [1.54, 1.807) is 6.07 Å². The number of rotatable bonds is 6. The minimum absolute atomic E-state index is 0.0101. The zero-order valence-electron chi connectivity index (χ0n) is 15.7. The van der Waals surface area contributed by atoms with Gasteiger partial charge in [-0.1, -0.05) is 26.0 Å². The van der Waals surface area contributed by atoms with E-state index in [-0.39, 0.29) is 6.29 Å². The van der Waals surface area contributed by atoms with Crippen molar-refractivity contribution in [3.05, 3.63) is 29.8 Å². The van der Waals surface area contributed by atoms with Crippen molar-refractivity contribution in [1.29, 1.82) is 0 Å². The van der Waals surface area contributed by atoms with Crippen molar-refractivity contribution < 1.29 is 14.6 Å². The molecule has 0 saturated carbocycles. The third-order valence-electron chi connectivity index (χ3n) is 5.90. The first kappa shape index (κ1) is 18.7. The van der Waals surface area contributed by atoms with E-state index in [0.717, 1.165) is 45.6 Å². The summed E-state index contributed by atoms with van der Waals surface area (Å²) in [6.45, 7) is 8.44. The number of ether oxygens (including phenoxy) is 2. The van der Waals surface area contributed by atoms with Crippen LogP contribution in [0.15, 0.2) is 24.3 Å². The second kappa shape index (κ2) is 9.02. The fourth-order valence-electron chi connectivity index (χ4n) is 4.21. The summed E-state index contributed by atoms with van der Waals surface area (Å²) in [6.07, 6.45) is 5.68. The van der Waals surface area contributed by atoms with Gasteiger partial charge < -0.3 is 14.6 Å². The van der Waals surface area contributed by atoms with Gasteiger partial charge in [0.2, 0.25) is 0 Å². The van der Waals surface area contributed by atoms with E-state index < -0.39 is 0 Å². The Kier molecular flexibility index (Phi) is 6.74. The monoisotopic (exact) mass is 347 g/mol. The molecule has 2 unspecified atom stereocenters. The highest BCUT2D eigenvalue weighted by molar-refractivity contribution is 5.30. The van der Waals surface area contributed by atoms with Gasteiger partial charge >= 0.3 is 0 Å². The van der Waals surface area contributed by atoms with E-state index in [9.17, 15) is 5.11 Å². The summed E-state index contributed by atoms with van der Waals surface area (Å²) in [5, 5.41) is 9.89. The first-order chi connectivity index (χ1) is 12.1. The molecule has 25 heavy (non-hydrogen) atoms. The lowest BCUT2D eigenvalue weighted by atomic mass is 9.79. The first-order valence-corrected chi connectivity index (χ1v) is 9.91. The molecule has 4 nitrogen and oxygen atoms in total. The van der Waals surface area contributed by atoms with Crippen LogP contribution in [-0.4, -0.2) is 42.6 Å². The molecule has 4 atom stereocenters. The summed E-state index contributed by atoms with van der Waals surface area (Å²) < 4.78 is 11.5. The van der Waals surface area contributed by atoms with Crippen LogP contribution in [0.4, 0.5) is 0 Å². The highest BCUT2D eigenvalue weighted by Gasteiger charge is 2.33. The third kappa shape index (κ3) is 4.96. The zero-order valence-corrected chi connectivity index (χ0v) is 15.7. The predicted molar refractivity (Wildman–Crippen MR) is 99.5 cm³/mol. The number of benzene rings is 1. The molecule has 3 rings (SSSR count). The Hall–Kier alpha value is -1.10. The molecule has 0 bridgehead atoms. The van der Waals surface area contributed by atoms with Crippen molar-refractivity contribution in [2.45, 2.75) is 58.3 Å². The molecule has 1 aromatic rings. The molecule has 2 heterocycles. The largest absolute Gasteiger partial charge is 0.508 e. The van der Waals surface area contributed by atoms with Gasteiger partial charge in [0.25, 0.3) is 0 Å². The zero-order chi connectivity index (χ0) is 17.6. The second-order valence-corrected chi connectivity index (χ2v) is 7.72. The summed E-state index contributed by atoms with van der Waals surface area (Å²) >= 11 is 0. The van der Waals surface area contributed by atoms with Gasteiger partial charge in [-0.25, -0.2) is 0 Å². The number of likely N-dealkylation sites (tertiary alicyclic amines) is 1. The van der Waals surface area contributed by atoms with Crippen LogP contribution in [0.2, 0.25) is 0 Å². The van der Waals surface area contributed by atoms with E-state index in [1.165, 1.54) is 18.4 Å². The van der Waals surface area contributed by atoms with Crippen LogP contribution in [0.1, 0.15) is 57.6 Å². The maximum atomic E-state index is 9.89. The summed E-state index contributed by atoms with van der Waals surface area (Å²) in [4.78, 5) is 2.57. The maximum Gasteiger partial charge on any atom is 0.157 e. The van der Waals surface area contributed by atoms with Crippen molar-refractivity contribution in [3.8, 4) is 5.75 Å². The van der Waals surface area contributed by atoms with E-state index >= 15 is 0 Å². The average Bonchev–Trinajstić information content (AvgIpc) is 2.62. The van der Waals surface area contributed by atoms with E-state index in [1.807, 2.05) is 12.1 Å². The molecule has 0 aromatic heterocycles. The molecule has 0 aliphatic carbocycles. The van der Waals surface area contributed by atoms with Crippen LogP contribution in [0.5, 0.6) is 5.75 Å². The second-order valence-electron chi connectivity index (χ2n) is 7.72. The quantitative estimate of drug-likeness (QED) is 0.777. The molecule has 1 N–H and O–H groups in total. The lowest BCUT2D eigenvalue weighted by Gasteiger charge is -2.44. The molecule has 2 saturated heterocycles. The number of nitrogens with zero attached hydrogens (tertiary/aromatic N) is 1. The summed E-state index contributed by atoms with van der Waals surface area (Å²) in [7, 11) is 0. The molecule has 0 spiro atoms. The van der Waals surface area contributed by atoms with E-state index in [2.05, 4.69) is 24.8 Å². The Morgan fingerprint density at radius 2 is 2.12 bits per heavy atom. The van der Waals surface area contributed by atoms with Gasteiger partial charge in [0.15, 0.2) is 6.29 Å². The molecule has 2 aliphatic rings. The molecular formula is C21H33NO3. The van der Waals surface area contributed by atoms with Gasteiger partial charge in [-0.05, 0) is 68.2 Å². The molecule has 4 heteroatoms. The number of hydrogen-bond acceptors (Lipinski definition) is 4. The number of piperidine rings is 1. The van der Waals surface area contributed by atoms with Crippen molar-refractivity contribution in [1.82, 2.24) is 4.90 Å². The predicted octanol–water partition coefficient (Wildman–Crippen LogP) is 4.34. The number of aromatic hydroxyl groups is 1. The highest BCUT2D eigenvalue weighted by Crippen LogP contribution is 2.39. The van der Waals surface area contributed by atoms with Gasteiger partial charge in [-0.15, -0.1) is 0 Å². The smallest absolute Gasteiger partial charge is 0.157 e. The molecule has 0 radical (unpaired) electrons. The highest BCUT2D eigenvalue weighted by atomic mass is 16.7. The average molecular weight is 347 g/mol. The molecule has 140 valence electrons. The SMILES string of the molecule is C[C@H]1CCN(CCCOC2CCCCO2)C(c2cccc(O)c2)[C@@H]1C. The molecule has 0 amide bonds. The third-order valence-corrected chi connectivity index (χ3v) is 5.90. The van der Waals surface area contributed by atoms with Crippen molar-refractivity contribution in [2.75, 3.05) is 26.3 Å². The Morgan fingerprint density at radius 3 is 2.88 bits per heavy atom. The van der Waals surface area contributed by atoms with Gasteiger partial charge in [-0.2, -0.15) is 0 Å². The van der Waals surface area contributed by atoms with Crippen LogP contribution in [0.25, 0.3) is 0 Å². The van der Waals surface area contributed by atoms with Gasteiger partial charge in [0.05, 0.1) is 6.61 Å². The van der Waals surface area contributed by atoms with Crippen LogP contribution in [0, 0.1) is 11.8 Å². The Morgan fingerprint density at radius 1 is 1.24 bits per heavy atom.